The van der Waals surface area contributed by atoms with Crippen LogP contribution in [0.2, 0.25) is 0 Å². The van der Waals surface area contributed by atoms with Gasteiger partial charge in [0, 0.05) is 24.7 Å². The first-order valence-corrected chi connectivity index (χ1v) is 8.75. The van der Waals surface area contributed by atoms with Crippen LogP contribution in [0.15, 0.2) is 52.6 Å². The predicted molar refractivity (Wildman–Crippen MR) is 97.1 cm³/mol. The molecule has 0 radical (unpaired) electrons. The molecular weight excluding hydrogens is 333 g/mol. The molecule has 1 aliphatic carbocycles. The van der Waals surface area contributed by atoms with Gasteiger partial charge in [-0.25, -0.2) is 24.3 Å². The fraction of sp³-hybridized carbons (Fsp3) is 0.333. The molecule has 0 bridgehead atoms. The van der Waals surface area contributed by atoms with Crippen LogP contribution in [0.4, 0.5) is 10.2 Å². The van der Waals surface area contributed by atoms with E-state index < -0.39 is 0 Å². The number of halogens is 1. The monoisotopic (exact) mass is 351 g/mol. The highest BCUT2D eigenvalue weighted by Crippen LogP contribution is 2.39. The highest BCUT2D eigenvalue weighted by Gasteiger charge is 2.33. The second-order valence-electron chi connectivity index (χ2n) is 6.71. The molecule has 0 saturated heterocycles. The van der Waals surface area contributed by atoms with Gasteiger partial charge in [0.1, 0.15) is 23.5 Å². The van der Waals surface area contributed by atoms with Gasteiger partial charge in [0.05, 0.1) is 18.1 Å². The van der Waals surface area contributed by atoms with Crippen molar-refractivity contribution in [3.05, 3.63) is 47.6 Å². The van der Waals surface area contributed by atoms with Gasteiger partial charge in [0.25, 0.3) is 0 Å². The van der Waals surface area contributed by atoms with Crippen LogP contribution >= 0.6 is 0 Å². The van der Waals surface area contributed by atoms with Crippen molar-refractivity contribution in [2.45, 2.75) is 32.2 Å². The van der Waals surface area contributed by atoms with Crippen LogP contribution in [0.5, 0.6) is 0 Å². The van der Waals surface area contributed by atoms with E-state index in [-0.39, 0.29) is 11.9 Å². The van der Waals surface area contributed by atoms with Crippen molar-refractivity contribution in [1.29, 1.82) is 0 Å². The third-order valence-electron chi connectivity index (χ3n) is 5.07. The zero-order valence-electron chi connectivity index (χ0n) is 14.3. The molecule has 3 aliphatic rings. The second-order valence-corrected chi connectivity index (χ2v) is 6.71. The third-order valence-corrected chi connectivity index (χ3v) is 5.07. The third kappa shape index (κ3) is 2.33. The van der Waals surface area contributed by atoms with Crippen LogP contribution < -0.4 is 5.32 Å². The Kier molecular flexibility index (Phi) is 3.37. The number of fused-ring (bicyclic) bond motifs is 1. The Morgan fingerprint density at radius 2 is 2.15 bits per heavy atom. The van der Waals surface area contributed by atoms with Crippen LogP contribution in [0, 0.1) is 0 Å². The fourth-order valence-corrected chi connectivity index (χ4v) is 3.87. The number of nitrogens with one attached hydrogen (secondary N) is 2. The van der Waals surface area contributed by atoms with E-state index in [4.69, 9.17) is 0 Å². The number of aromatic amines is 1. The van der Waals surface area contributed by atoms with Crippen LogP contribution in [0.3, 0.4) is 0 Å². The van der Waals surface area contributed by atoms with E-state index in [0.29, 0.717) is 17.9 Å². The van der Waals surface area contributed by atoms with Crippen molar-refractivity contribution in [2.24, 2.45) is 4.99 Å². The van der Waals surface area contributed by atoms with Crippen LogP contribution in [-0.4, -0.2) is 43.3 Å². The van der Waals surface area contributed by atoms with Crippen LogP contribution in [0.25, 0.3) is 11.2 Å². The van der Waals surface area contributed by atoms with Gasteiger partial charge in [-0.3, -0.25) is 0 Å². The highest BCUT2D eigenvalue weighted by atomic mass is 19.1. The van der Waals surface area contributed by atoms with Gasteiger partial charge in [-0.05, 0) is 31.4 Å². The number of hydrogen-bond acceptors (Lipinski definition) is 6. The molecular formula is C18H18FN7. The average Bonchev–Trinajstić information content (AvgIpc) is 3.24. The summed E-state index contributed by atoms with van der Waals surface area (Å²) in [6.45, 7) is 2.93. The van der Waals surface area contributed by atoms with Gasteiger partial charge in [-0.2, -0.15) is 0 Å². The lowest BCUT2D eigenvalue weighted by Gasteiger charge is -2.31. The van der Waals surface area contributed by atoms with Crippen LogP contribution in [-0.2, 0) is 0 Å². The predicted octanol–water partition coefficient (Wildman–Crippen LogP) is 3.06. The molecule has 7 nitrogen and oxygen atoms in total. The zero-order chi connectivity index (χ0) is 17.7. The number of anilines is 1. The number of rotatable bonds is 3. The Morgan fingerprint density at radius 1 is 1.23 bits per heavy atom. The average molecular weight is 351 g/mol. The molecule has 0 unspecified atom stereocenters. The number of imidazole rings is 1. The molecule has 0 fully saturated rings. The molecule has 2 N–H and O–H groups in total. The summed E-state index contributed by atoms with van der Waals surface area (Å²) in [4.78, 5) is 22.5. The van der Waals surface area contributed by atoms with E-state index >= 15 is 0 Å². The molecule has 0 amide bonds. The fourth-order valence-electron chi connectivity index (χ4n) is 3.87. The van der Waals surface area contributed by atoms with Crippen molar-refractivity contribution in [3.8, 4) is 0 Å². The van der Waals surface area contributed by atoms with Crippen molar-refractivity contribution >= 4 is 22.8 Å². The summed E-state index contributed by atoms with van der Waals surface area (Å²) >= 11 is 0. The number of allylic oxidation sites excluding steroid dienone is 2. The minimum atomic E-state index is -0.0713. The maximum atomic E-state index is 13.9. The van der Waals surface area contributed by atoms with E-state index in [1.165, 1.54) is 11.9 Å². The first-order valence-electron chi connectivity index (χ1n) is 8.75. The summed E-state index contributed by atoms with van der Waals surface area (Å²) in [6.07, 6.45) is 8.71. The standard InChI is InChI=1S/C18H18FN7/c1-10(25-17-14-16(22-8-21-14)23-9-24-17)18-20-7-12-6-13(19)3-2-11-4-5-26(18)15(11)12/h6-10H,2-5H2,1H3,(H2,21,22,23,24,25)/t10-/m0/s1. The SMILES string of the molecule is C[C@H](Nc1ncnc2nc[nH]c12)C1=NC=C2C=C(F)CCC3=C2N1CC3. The zero-order valence-corrected chi connectivity index (χ0v) is 14.3. The molecule has 1 atom stereocenters. The Hall–Kier alpha value is -3.03. The summed E-state index contributed by atoms with van der Waals surface area (Å²) in [5, 5.41) is 3.41. The van der Waals surface area contributed by atoms with Gasteiger partial charge >= 0.3 is 0 Å². The second kappa shape index (κ2) is 5.76. The molecule has 5 rings (SSSR count). The molecule has 2 aromatic heterocycles. The Morgan fingerprint density at radius 3 is 3.08 bits per heavy atom. The van der Waals surface area contributed by atoms with E-state index in [1.54, 1.807) is 18.6 Å². The largest absolute Gasteiger partial charge is 0.358 e. The minimum Gasteiger partial charge on any atom is -0.358 e. The summed E-state index contributed by atoms with van der Waals surface area (Å²) in [5.41, 5.74) is 4.72. The summed E-state index contributed by atoms with van der Waals surface area (Å²) in [7, 11) is 0. The van der Waals surface area contributed by atoms with Gasteiger partial charge < -0.3 is 15.2 Å². The number of amidine groups is 1. The van der Waals surface area contributed by atoms with Crippen molar-refractivity contribution in [2.75, 3.05) is 11.9 Å². The highest BCUT2D eigenvalue weighted by molar-refractivity contribution is 5.95. The van der Waals surface area contributed by atoms with Crippen molar-refractivity contribution < 1.29 is 4.39 Å². The maximum Gasteiger partial charge on any atom is 0.182 e. The van der Waals surface area contributed by atoms with E-state index in [9.17, 15) is 4.39 Å². The molecule has 26 heavy (non-hydrogen) atoms. The molecule has 0 spiro atoms. The van der Waals surface area contributed by atoms with E-state index in [0.717, 1.165) is 42.0 Å². The van der Waals surface area contributed by atoms with Crippen molar-refractivity contribution in [3.63, 3.8) is 0 Å². The molecule has 8 heteroatoms. The van der Waals surface area contributed by atoms with E-state index in [1.807, 2.05) is 6.92 Å². The first-order chi connectivity index (χ1) is 12.7. The first kappa shape index (κ1) is 15.2. The van der Waals surface area contributed by atoms with E-state index in [2.05, 4.69) is 35.1 Å². The molecule has 0 aromatic carbocycles. The number of aromatic nitrogens is 4. The summed E-state index contributed by atoms with van der Waals surface area (Å²) in [6, 6.07) is -0.0712. The topological polar surface area (TPSA) is 82.1 Å². The van der Waals surface area contributed by atoms with Crippen LogP contribution in [0.1, 0.15) is 26.2 Å². The summed E-state index contributed by atoms with van der Waals surface area (Å²) < 4.78 is 13.9. The quantitative estimate of drug-likeness (QED) is 0.888. The minimum absolute atomic E-state index is 0.0712. The smallest absolute Gasteiger partial charge is 0.182 e. The van der Waals surface area contributed by atoms with Gasteiger partial charge in [-0.1, -0.05) is 0 Å². The Bertz CT molecular complexity index is 1010. The normalized spacial score (nSPS) is 20.4. The number of hydrogen-bond donors (Lipinski definition) is 2. The molecule has 2 aromatic rings. The van der Waals surface area contributed by atoms with Gasteiger partial charge in [0.2, 0.25) is 0 Å². The summed E-state index contributed by atoms with van der Waals surface area (Å²) in [5.74, 6) is 1.54. The van der Waals surface area contributed by atoms with Gasteiger partial charge in [0.15, 0.2) is 11.5 Å². The number of nitrogens with zero attached hydrogens (tertiary/aromatic N) is 5. The number of aliphatic imine (C=N–C) groups is 1. The Balaban J connectivity index is 1.49. The molecule has 0 saturated carbocycles. The maximum absolute atomic E-state index is 13.9. The van der Waals surface area contributed by atoms with Gasteiger partial charge in [-0.15, -0.1) is 0 Å². The lowest BCUT2D eigenvalue weighted by molar-refractivity contribution is 0.541. The Labute approximate surface area is 149 Å². The lowest BCUT2D eigenvalue weighted by atomic mass is 10.1. The molecule has 4 heterocycles. The molecule has 2 aliphatic heterocycles. The number of H-pyrrole nitrogens is 1. The van der Waals surface area contributed by atoms with Crippen molar-refractivity contribution in [1.82, 2.24) is 24.8 Å². The molecule has 132 valence electrons. The lowest BCUT2D eigenvalue weighted by Crippen LogP contribution is -2.41.